The Bertz CT molecular complexity index is 1320. The number of hydrogen-bond donors (Lipinski definition) is 12. The first-order valence-electron chi connectivity index (χ1n) is 18.4. The van der Waals surface area contributed by atoms with Crippen LogP contribution in [0, 0.1) is 5.92 Å². The number of aliphatic carboxylic acids is 3. The number of hydrogen-bond acceptors (Lipinski definition) is 23. The summed E-state index contributed by atoms with van der Waals surface area (Å²) in [6.07, 6.45) is -32.2. The molecule has 8 unspecified atom stereocenters. The van der Waals surface area contributed by atoms with Crippen molar-refractivity contribution >= 4 is 17.9 Å². The van der Waals surface area contributed by atoms with Crippen LogP contribution in [0.15, 0.2) is 0 Å². The molecule has 3 saturated heterocycles. The zero-order valence-electron chi connectivity index (χ0n) is 31.8. The van der Waals surface area contributed by atoms with Gasteiger partial charge >= 0.3 is 17.9 Å². The fourth-order valence-corrected chi connectivity index (χ4v) is 7.37. The second kappa shape index (κ2) is 22.6. The maximum atomic E-state index is 11.6. The monoisotopic (exact) mass is 866 g/mol. The maximum absolute atomic E-state index is 11.6. The Labute approximate surface area is 335 Å². The molecule has 3 heterocycles. The van der Waals surface area contributed by atoms with E-state index in [9.17, 15) is 65.4 Å². The molecule has 3 aliphatic heterocycles. The summed E-state index contributed by atoms with van der Waals surface area (Å²) in [6, 6.07) is 0. The highest BCUT2D eigenvalue weighted by molar-refractivity contribution is 5.68. The van der Waals surface area contributed by atoms with Gasteiger partial charge in [-0.25, -0.2) is 14.4 Å². The standard InChI is InChI=1S/C33H54O26/c1-49-26-11(6-51-8-16(36)37)3-12(19(42)20(26)43)54-27-13(4-34)55-32(24(47)22(27)45)58-28-14(5-35)56-33(30(25(28)48)53-10-18(40)41)59-29-15(7-52-9-17(38)39)57-31(50-2)23(46)21(29)44/h11-15,19-35,42-48H,3-10H2,1-2H3,(H,36,37)(H,38,39)(H,40,41)/t11?,12-,13+,14?,15+,19?,20-,21?,22?,23?,24?,25+,26-,27-,28-,29-,30?,31-,32+,33+/m1/s1. The molecule has 0 spiro atoms. The molecule has 0 aromatic rings. The van der Waals surface area contributed by atoms with Crippen molar-refractivity contribution in [2.75, 3.05) is 60.5 Å². The number of carboxylic acids is 3. The van der Waals surface area contributed by atoms with Crippen molar-refractivity contribution in [2.45, 2.75) is 123 Å². The van der Waals surface area contributed by atoms with Gasteiger partial charge in [0.1, 0.15) is 105 Å². The molecule has 0 aromatic heterocycles. The van der Waals surface area contributed by atoms with Crippen LogP contribution in [-0.4, -0.2) is 256 Å². The minimum Gasteiger partial charge on any atom is -0.480 e. The lowest BCUT2D eigenvalue weighted by Gasteiger charge is -2.49. The average Bonchev–Trinajstić information content (AvgIpc) is 3.19. The van der Waals surface area contributed by atoms with Crippen LogP contribution < -0.4 is 0 Å². The number of carbonyl (C=O) groups is 3. The van der Waals surface area contributed by atoms with Crippen LogP contribution in [0.5, 0.6) is 0 Å². The third-order valence-electron chi connectivity index (χ3n) is 10.2. The van der Waals surface area contributed by atoms with E-state index in [4.69, 9.17) is 62.3 Å². The summed E-state index contributed by atoms with van der Waals surface area (Å²) in [6.45, 7) is -5.24. The molecule has 4 rings (SSSR count). The SMILES string of the molecule is CO[C@@H]1O[C@@H](COCC(=O)O)[C@@H](O[C@@H]2OC(CO)[C@@H](O[C@@H]3O[C@@H](CO)[C@@H](O[C@@H]4CC(COCC(=O)O)[C@@H](OC)[C@H](O)C4O)C(O)C3O)[C@H](O)C2OCC(=O)O)C(O)C1O. The summed E-state index contributed by atoms with van der Waals surface area (Å²) in [7, 11) is 2.40. The molecule has 0 amide bonds. The van der Waals surface area contributed by atoms with Crippen LogP contribution in [0.1, 0.15) is 6.42 Å². The normalized spacial score (nSPS) is 43.0. The molecule has 12 N–H and O–H groups in total. The van der Waals surface area contributed by atoms with E-state index in [-0.39, 0.29) is 13.0 Å². The van der Waals surface area contributed by atoms with E-state index in [1.165, 1.54) is 7.11 Å². The third-order valence-corrected chi connectivity index (χ3v) is 10.2. The lowest BCUT2D eigenvalue weighted by molar-refractivity contribution is -0.384. The molecule has 0 radical (unpaired) electrons. The van der Waals surface area contributed by atoms with Crippen molar-refractivity contribution < 1.29 is 128 Å². The largest absolute Gasteiger partial charge is 0.480 e. The van der Waals surface area contributed by atoms with Gasteiger partial charge in [-0.15, -0.1) is 0 Å². The molecule has 4 fully saturated rings. The number of aliphatic hydroxyl groups excluding tert-OH is 9. The van der Waals surface area contributed by atoms with Crippen molar-refractivity contribution in [1.82, 2.24) is 0 Å². The summed E-state index contributed by atoms with van der Waals surface area (Å²) in [5.74, 6) is -4.88. The van der Waals surface area contributed by atoms with Gasteiger partial charge in [0.2, 0.25) is 0 Å². The number of ether oxygens (including phenoxy) is 11. The van der Waals surface area contributed by atoms with Gasteiger partial charge in [0.05, 0.1) is 38.6 Å². The van der Waals surface area contributed by atoms with E-state index >= 15 is 0 Å². The van der Waals surface area contributed by atoms with Crippen LogP contribution >= 0.6 is 0 Å². The topological polar surface area (TPSA) is 396 Å². The highest BCUT2D eigenvalue weighted by Gasteiger charge is 2.56. The predicted molar refractivity (Wildman–Crippen MR) is 181 cm³/mol. The van der Waals surface area contributed by atoms with Crippen molar-refractivity contribution in [2.24, 2.45) is 5.92 Å². The smallest absolute Gasteiger partial charge is 0.329 e. The second-order valence-corrected chi connectivity index (χ2v) is 14.2. The summed E-state index contributed by atoms with van der Waals surface area (Å²) >= 11 is 0. The van der Waals surface area contributed by atoms with Crippen molar-refractivity contribution in [3.63, 3.8) is 0 Å². The van der Waals surface area contributed by atoms with Crippen LogP contribution in [0.2, 0.25) is 0 Å². The molecule has 1 aliphatic carbocycles. The Morgan fingerprint density at radius 2 is 0.983 bits per heavy atom. The fraction of sp³-hybridized carbons (Fsp3) is 0.909. The third kappa shape index (κ3) is 12.2. The first-order valence-corrected chi connectivity index (χ1v) is 18.4. The molecule has 0 bridgehead atoms. The number of carboxylic acid groups (broad SMARTS) is 3. The van der Waals surface area contributed by atoms with Crippen molar-refractivity contribution in [1.29, 1.82) is 0 Å². The average molecular weight is 867 g/mol. The second-order valence-electron chi connectivity index (χ2n) is 14.2. The van der Waals surface area contributed by atoms with Crippen LogP contribution in [0.4, 0.5) is 0 Å². The summed E-state index contributed by atoms with van der Waals surface area (Å²) < 4.78 is 60.5. The van der Waals surface area contributed by atoms with E-state index in [0.29, 0.717) is 0 Å². The first-order chi connectivity index (χ1) is 28.0. The molecule has 26 heteroatoms. The molecule has 20 atom stereocenters. The van der Waals surface area contributed by atoms with E-state index in [0.717, 1.165) is 7.11 Å². The molecule has 342 valence electrons. The van der Waals surface area contributed by atoms with Gasteiger partial charge in [-0.3, -0.25) is 0 Å². The van der Waals surface area contributed by atoms with E-state index < -0.39 is 180 Å². The highest BCUT2D eigenvalue weighted by atomic mass is 16.8. The Morgan fingerprint density at radius 3 is 1.53 bits per heavy atom. The van der Waals surface area contributed by atoms with Gasteiger partial charge < -0.3 is 113 Å². The molecule has 26 nitrogen and oxygen atoms in total. The van der Waals surface area contributed by atoms with Crippen LogP contribution in [0.3, 0.4) is 0 Å². The summed E-state index contributed by atoms with van der Waals surface area (Å²) in [5, 5.41) is 125. The van der Waals surface area contributed by atoms with Crippen LogP contribution in [0.25, 0.3) is 0 Å². The Morgan fingerprint density at radius 1 is 0.508 bits per heavy atom. The number of rotatable bonds is 21. The number of aliphatic hydroxyl groups is 9. The van der Waals surface area contributed by atoms with Gasteiger partial charge in [0.25, 0.3) is 0 Å². The van der Waals surface area contributed by atoms with Gasteiger partial charge in [0, 0.05) is 20.1 Å². The summed E-state index contributed by atoms with van der Waals surface area (Å²) in [4.78, 5) is 33.5. The Balaban J connectivity index is 1.51. The molecular formula is C33H54O26. The Kier molecular flexibility index (Phi) is 18.9. The van der Waals surface area contributed by atoms with E-state index in [2.05, 4.69) is 0 Å². The summed E-state index contributed by atoms with van der Waals surface area (Å²) in [5.41, 5.74) is 0. The fourth-order valence-electron chi connectivity index (χ4n) is 7.37. The number of methoxy groups -OCH3 is 2. The molecule has 4 aliphatic rings. The lowest BCUT2D eigenvalue weighted by Crippen LogP contribution is -2.67. The quantitative estimate of drug-likeness (QED) is 0.0510. The van der Waals surface area contributed by atoms with Gasteiger partial charge in [0.15, 0.2) is 18.9 Å². The maximum Gasteiger partial charge on any atom is 0.329 e. The van der Waals surface area contributed by atoms with Gasteiger partial charge in [-0.2, -0.15) is 0 Å². The molecule has 0 aromatic carbocycles. The van der Waals surface area contributed by atoms with Crippen LogP contribution in [-0.2, 0) is 66.5 Å². The van der Waals surface area contributed by atoms with E-state index in [1.54, 1.807) is 0 Å². The zero-order chi connectivity index (χ0) is 43.7. The van der Waals surface area contributed by atoms with Gasteiger partial charge in [-0.1, -0.05) is 0 Å². The molecule has 1 saturated carbocycles. The van der Waals surface area contributed by atoms with Crippen molar-refractivity contribution in [3.05, 3.63) is 0 Å². The lowest BCUT2D eigenvalue weighted by atomic mass is 9.80. The van der Waals surface area contributed by atoms with Crippen molar-refractivity contribution in [3.8, 4) is 0 Å². The predicted octanol–water partition coefficient (Wildman–Crippen LogP) is -7.45. The minimum atomic E-state index is -2.06. The highest BCUT2D eigenvalue weighted by Crippen LogP contribution is 2.36. The zero-order valence-corrected chi connectivity index (χ0v) is 31.8. The van der Waals surface area contributed by atoms with E-state index in [1.807, 2.05) is 0 Å². The van der Waals surface area contributed by atoms with Gasteiger partial charge in [-0.05, 0) is 6.42 Å². The first kappa shape index (κ1) is 49.3. The Hall–Kier alpha value is -2.39. The minimum absolute atomic E-state index is 0.120. The molecule has 59 heavy (non-hydrogen) atoms. The molecular weight excluding hydrogens is 812 g/mol.